The molecule has 0 unspecified atom stereocenters. The molecule has 0 nitrogen and oxygen atoms in total. The number of fused-ring (bicyclic) bond motifs is 4. The predicted molar refractivity (Wildman–Crippen MR) is 107 cm³/mol. The molecule has 0 aliphatic rings. The summed E-state index contributed by atoms with van der Waals surface area (Å²) in [5.74, 6) is 0. The van der Waals surface area contributed by atoms with E-state index in [4.69, 9.17) is 11.6 Å². The van der Waals surface area contributed by atoms with Crippen LogP contribution in [0.4, 0.5) is 0 Å². The molecule has 0 atom stereocenters. The van der Waals surface area contributed by atoms with Crippen LogP contribution in [0.5, 0.6) is 0 Å². The van der Waals surface area contributed by atoms with Crippen molar-refractivity contribution in [1.82, 2.24) is 0 Å². The van der Waals surface area contributed by atoms with Crippen molar-refractivity contribution in [1.29, 1.82) is 0 Å². The molecule has 24 heavy (non-hydrogen) atoms. The van der Waals surface area contributed by atoms with E-state index in [9.17, 15) is 0 Å². The Labute approximate surface area is 148 Å². The van der Waals surface area contributed by atoms with Crippen LogP contribution in [0.25, 0.3) is 42.1 Å². The fourth-order valence-corrected chi connectivity index (χ4v) is 4.78. The fraction of sp³-hybridized carbons (Fsp3) is 0. The highest BCUT2D eigenvalue weighted by Crippen LogP contribution is 2.40. The van der Waals surface area contributed by atoms with Gasteiger partial charge in [-0.05, 0) is 46.2 Å². The van der Waals surface area contributed by atoms with Crippen LogP contribution in [0, 0.1) is 0 Å². The van der Waals surface area contributed by atoms with Crippen molar-refractivity contribution in [2.75, 3.05) is 0 Å². The highest BCUT2D eigenvalue weighted by Gasteiger charge is 2.10. The Morgan fingerprint density at radius 3 is 2.42 bits per heavy atom. The van der Waals surface area contributed by atoms with Crippen LogP contribution in [0.15, 0.2) is 78.9 Å². The molecular weight excluding hydrogens is 332 g/mol. The first-order chi connectivity index (χ1) is 11.8. The molecule has 1 heterocycles. The molecule has 4 aromatic carbocycles. The number of benzene rings is 4. The molecule has 0 radical (unpaired) electrons. The van der Waals surface area contributed by atoms with Crippen molar-refractivity contribution in [3.05, 3.63) is 83.9 Å². The lowest BCUT2D eigenvalue weighted by Crippen LogP contribution is -1.80. The maximum absolute atomic E-state index is 6.10. The summed E-state index contributed by atoms with van der Waals surface area (Å²) in [4.78, 5) is 0. The van der Waals surface area contributed by atoms with E-state index in [1.54, 1.807) is 0 Å². The number of rotatable bonds is 1. The zero-order chi connectivity index (χ0) is 16.1. The van der Waals surface area contributed by atoms with Crippen molar-refractivity contribution in [3.8, 4) is 11.1 Å². The quantitative estimate of drug-likeness (QED) is 0.295. The van der Waals surface area contributed by atoms with Gasteiger partial charge in [0.25, 0.3) is 0 Å². The van der Waals surface area contributed by atoms with Gasteiger partial charge in [0.05, 0.1) is 0 Å². The third-order valence-corrected chi connectivity index (χ3v) is 5.97. The summed E-state index contributed by atoms with van der Waals surface area (Å²) in [6.07, 6.45) is 0. The van der Waals surface area contributed by atoms with Gasteiger partial charge in [-0.25, -0.2) is 0 Å². The van der Waals surface area contributed by atoms with Crippen LogP contribution in [0.2, 0.25) is 5.02 Å². The smallest absolute Gasteiger partial charge is 0.0433 e. The first-order valence-electron chi connectivity index (χ1n) is 7.89. The van der Waals surface area contributed by atoms with Crippen molar-refractivity contribution < 1.29 is 0 Å². The number of hydrogen-bond donors (Lipinski definition) is 0. The molecule has 1 aromatic heterocycles. The third kappa shape index (κ3) is 2.13. The number of halogens is 1. The minimum atomic E-state index is 0.779. The SMILES string of the molecule is Clc1ccc2cc(-c3cccc4c3sc3ccccc34)ccc2c1. The van der Waals surface area contributed by atoms with Gasteiger partial charge in [-0.2, -0.15) is 0 Å². The van der Waals surface area contributed by atoms with E-state index in [1.165, 1.54) is 42.1 Å². The first-order valence-corrected chi connectivity index (χ1v) is 9.09. The van der Waals surface area contributed by atoms with E-state index in [2.05, 4.69) is 66.7 Å². The summed E-state index contributed by atoms with van der Waals surface area (Å²) < 4.78 is 2.69. The molecule has 0 bridgehead atoms. The summed E-state index contributed by atoms with van der Waals surface area (Å²) in [5.41, 5.74) is 2.55. The van der Waals surface area contributed by atoms with E-state index in [0.29, 0.717) is 0 Å². The molecule has 5 rings (SSSR count). The van der Waals surface area contributed by atoms with Crippen LogP contribution >= 0.6 is 22.9 Å². The van der Waals surface area contributed by atoms with E-state index in [1.807, 2.05) is 23.5 Å². The highest BCUT2D eigenvalue weighted by atomic mass is 35.5. The molecule has 0 saturated heterocycles. The molecule has 0 amide bonds. The molecule has 0 aliphatic heterocycles. The molecule has 2 heteroatoms. The van der Waals surface area contributed by atoms with Crippen molar-refractivity contribution in [2.45, 2.75) is 0 Å². The number of hydrogen-bond acceptors (Lipinski definition) is 1. The van der Waals surface area contributed by atoms with Gasteiger partial charge in [0.2, 0.25) is 0 Å². The summed E-state index contributed by atoms with van der Waals surface area (Å²) in [6, 6.07) is 27.9. The maximum Gasteiger partial charge on any atom is 0.0433 e. The molecule has 0 spiro atoms. The Kier molecular flexibility index (Phi) is 3.12. The third-order valence-electron chi connectivity index (χ3n) is 4.52. The van der Waals surface area contributed by atoms with Gasteiger partial charge in [0.15, 0.2) is 0 Å². The van der Waals surface area contributed by atoms with Gasteiger partial charge in [0.1, 0.15) is 0 Å². The van der Waals surface area contributed by atoms with Gasteiger partial charge in [-0.3, -0.25) is 0 Å². The lowest BCUT2D eigenvalue weighted by Gasteiger charge is -2.06. The normalized spacial score (nSPS) is 11.5. The van der Waals surface area contributed by atoms with Crippen molar-refractivity contribution in [2.24, 2.45) is 0 Å². The Morgan fingerprint density at radius 2 is 1.46 bits per heavy atom. The van der Waals surface area contributed by atoms with Gasteiger partial charge >= 0.3 is 0 Å². The summed E-state index contributed by atoms with van der Waals surface area (Å²) in [5, 5.41) is 5.85. The van der Waals surface area contributed by atoms with Crippen LogP contribution in [-0.4, -0.2) is 0 Å². The van der Waals surface area contributed by atoms with Gasteiger partial charge in [-0.1, -0.05) is 66.2 Å². The predicted octanol–water partition coefficient (Wildman–Crippen LogP) is 7.53. The molecule has 5 aromatic rings. The average molecular weight is 345 g/mol. The van der Waals surface area contributed by atoms with E-state index >= 15 is 0 Å². The van der Waals surface area contributed by atoms with Gasteiger partial charge in [0, 0.05) is 25.2 Å². The van der Waals surface area contributed by atoms with Crippen LogP contribution < -0.4 is 0 Å². The molecule has 114 valence electrons. The molecule has 0 aliphatic carbocycles. The van der Waals surface area contributed by atoms with Crippen molar-refractivity contribution >= 4 is 53.9 Å². The van der Waals surface area contributed by atoms with Gasteiger partial charge < -0.3 is 0 Å². The second-order valence-corrected chi connectivity index (χ2v) is 7.48. The summed E-state index contributed by atoms with van der Waals surface area (Å²) in [7, 11) is 0. The zero-order valence-electron chi connectivity index (χ0n) is 12.8. The largest absolute Gasteiger partial charge is 0.135 e. The lowest BCUT2D eigenvalue weighted by atomic mass is 9.99. The monoisotopic (exact) mass is 344 g/mol. The molecule has 0 N–H and O–H groups in total. The summed E-state index contributed by atoms with van der Waals surface area (Å²) >= 11 is 7.97. The molecule has 0 saturated carbocycles. The Hall–Kier alpha value is -2.35. The number of thiophene rings is 1. The Bertz CT molecular complexity index is 1220. The lowest BCUT2D eigenvalue weighted by molar-refractivity contribution is 1.71. The van der Waals surface area contributed by atoms with E-state index in [0.717, 1.165) is 5.02 Å². The fourth-order valence-electron chi connectivity index (χ4n) is 3.36. The standard InChI is InChI=1S/C22H13ClS/c23-17-11-10-14-12-16(9-8-15(14)13-17)18-5-3-6-20-19-4-1-2-7-21(19)24-22(18)20/h1-13H. The second kappa shape index (κ2) is 5.34. The van der Waals surface area contributed by atoms with E-state index < -0.39 is 0 Å². The maximum atomic E-state index is 6.10. The Balaban J connectivity index is 1.81. The second-order valence-electron chi connectivity index (χ2n) is 5.99. The van der Waals surface area contributed by atoms with Crippen LogP contribution in [-0.2, 0) is 0 Å². The van der Waals surface area contributed by atoms with Crippen LogP contribution in [0.1, 0.15) is 0 Å². The molecular formula is C22H13ClS. The minimum Gasteiger partial charge on any atom is -0.135 e. The van der Waals surface area contributed by atoms with Gasteiger partial charge in [-0.15, -0.1) is 11.3 Å². The minimum absolute atomic E-state index is 0.779. The van der Waals surface area contributed by atoms with E-state index in [-0.39, 0.29) is 0 Å². The highest BCUT2D eigenvalue weighted by molar-refractivity contribution is 7.26. The first kappa shape index (κ1) is 14.0. The Morgan fingerprint density at radius 1 is 0.667 bits per heavy atom. The molecule has 0 fully saturated rings. The average Bonchev–Trinajstić information content (AvgIpc) is 3.00. The summed E-state index contributed by atoms with van der Waals surface area (Å²) in [6.45, 7) is 0. The zero-order valence-corrected chi connectivity index (χ0v) is 14.4. The van der Waals surface area contributed by atoms with Crippen LogP contribution in [0.3, 0.4) is 0 Å². The van der Waals surface area contributed by atoms with Crippen molar-refractivity contribution in [3.63, 3.8) is 0 Å². The topological polar surface area (TPSA) is 0 Å².